The molecule has 0 spiro atoms. The smallest absolute Gasteiger partial charge is 0.294 e. The zero-order chi connectivity index (χ0) is 14.8. The van der Waals surface area contributed by atoms with Crippen LogP contribution in [-0.4, -0.2) is 5.78 Å². The van der Waals surface area contributed by atoms with Crippen molar-refractivity contribution in [2.24, 2.45) is 0 Å². The fraction of sp³-hybridized carbons (Fsp3) is 0.214. The Morgan fingerprint density at radius 3 is 2.50 bits per heavy atom. The first kappa shape index (κ1) is 14.7. The SMILES string of the molecule is O=C(CCc1cccs1)c1cccc(C(F)(F)F)c1F. The first-order valence-electron chi connectivity index (χ1n) is 5.81. The lowest BCUT2D eigenvalue weighted by molar-refractivity contribution is -0.140. The van der Waals surface area contributed by atoms with E-state index in [1.54, 1.807) is 0 Å². The summed E-state index contributed by atoms with van der Waals surface area (Å²) in [5.74, 6) is -2.11. The van der Waals surface area contributed by atoms with Crippen LogP contribution in [0.3, 0.4) is 0 Å². The lowest BCUT2D eigenvalue weighted by Crippen LogP contribution is -2.12. The van der Waals surface area contributed by atoms with Gasteiger partial charge < -0.3 is 0 Å². The quantitative estimate of drug-likeness (QED) is 0.590. The fourth-order valence-corrected chi connectivity index (χ4v) is 2.50. The molecule has 0 fully saturated rings. The predicted octanol–water partition coefficient (Wildman–Crippen LogP) is 4.72. The third-order valence-electron chi connectivity index (χ3n) is 2.78. The molecule has 0 amide bonds. The topological polar surface area (TPSA) is 17.1 Å². The van der Waals surface area contributed by atoms with Crippen molar-refractivity contribution in [2.75, 3.05) is 0 Å². The molecule has 0 aliphatic heterocycles. The summed E-state index contributed by atoms with van der Waals surface area (Å²) in [5.41, 5.74) is -1.91. The second-order valence-corrected chi connectivity index (χ2v) is 5.20. The van der Waals surface area contributed by atoms with Crippen molar-refractivity contribution in [3.05, 3.63) is 57.5 Å². The maximum Gasteiger partial charge on any atom is 0.419 e. The van der Waals surface area contributed by atoms with E-state index in [-0.39, 0.29) is 6.42 Å². The summed E-state index contributed by atoms with van der Waals surface area (Å²) in [6, 6.07) is 6.40. The highest BCUT2D eigenvalue weighted by molar-refractivity contribution is 7.09. The number of alkyl halides is 3. The summed E-state index contributed by atoms with van der Waals surface area (Å²) in [6.07, 6.45) is -4.42. The van der Waals surface area contributed by atoms with Crippen molar-refractivity contribution in [1.82, 2.24) is 0 Å². The molecule has 0 saturated heterocycles. The number of carbonyl (C=O) groups is 1. The highest BCUT2D eigenvalue weighted by Crippen LogP contribution is 2.32. The number of hydrogen-bond acceptors (Lipinski definition) is 2. The van der Waals surface area contributed by atoms with Gasteiger partial charge in [0.05, 0.1) is 11.1 Å². The molecule has 2 rings (SSSR count). The van der Waals surface area contributed by atoms with Crippen molar-refractivity contribution in [3.63, 3.8) is 0 Å². The Balaban J connectivity index is 2.18. The van der Waals surface area contributed by atoms with E-state index >= 15 is 0 Å². The van der Waals surface area contributed by atoms with Crippen molar-refractivity contribution in [3.8, 4) is 0 Å². The Kier molecular flexibility index (Phi) is 4.23. The van der Waals surface area contributed by atoms with E-state index in [0.29, 0.717) is 12.5 Å². The molecule has 0 N–H and O–H groups in total. The first-order valence-corrected chi connectivity index (χ1v) is 6.69. The Hall–Kier alpha value is -1.69. The second kappa shape index (κ2) is 5.75. The Labute approximate surface area is 116 Å². The number of benzene rings is 1. The average molecular weight is 302 g/mol. The van der Waals surface area contributed by atoms with Gasteiger partial charge in [0.15, 0.2) is 5.78 Å². The molecule has 1 nitrogen and oxygen atoms in total. The lowest BCUT2D eigenvalue weighted by Gasteiger charge is -2.10. The molecule has 106 valence electrons. The van der Waals surface area contributed by atoms with E-state index < -0.39 is 28.9 Å². The zero-order valence-electron chi connectivity index (χ0n) is 10.2. The van der Waals surface area contributed by atoms with Crippen molar-refractivity contribution < 1.29 is 22.4 Å². The minimum absolute atomic E-state index is 0.0151. The van der Waals surface area contributed by atoms with Crippen LogP contribution in [-0.2, 0) is 12.6 Å². The molecule has 0 bridgehead atoms. The molecular weight excluding hydrogens is 292 g/mol. The molecule has 1 aromatic carbocycles. The number of Topliss-reactive ketones (excluding diaryl/α,β-unsaturated/α-hetero) is 1. The number of ketones is 1. The van der Waals surface area contributed by atoms with Gasteiger partial charge in [-0.05, 0) is 30.0 Å². The average Bonchev–Trinajstić information content (AvgIpc) is 2.88. The number of rotatable bonds is 4. The number of halogens is 4. The van der Waals surface area contributed by atoms with Gasteiger partial charge in [0.2, 0.25) is 0 Å². The second-order valence-electron chi connectivity index (χ2n) is 4.17. The van der Waals surface area contributed by atoms with Gasteiger partial charge in [-0.15, -0.1) is 11.3 Å². The number of aryl methyl sites for hydroxylation is 1. The van der Waals surface area contributed by atoms with Gasteiger partial charge in [-0.2, -0.15) is 13.2 Å². The molecule has 0 unspecified atom stereocenters. The van der Waals surface area contributed by atoms with Crippen molar-refractivity contribution >= 4 is 17.1 Å². The van der Waals surface area contributed by atoms with Crippen LogP contribution in [0.2, 0.25) is 0 Å². The van der Waals surface area contributed by atoms with E-state index in [4.69, 9.17) is 0 Å². The van der Waals surface area contributed by atoms with Crippen LogP contribution in [0.25, 0.3) is 0 Å². The summed E-state index contributed by atoms with van der Waals surface area (Å²) in [6.45, 7) is 0. The molecule has 0 radical (unpaired) electrons. The molecule has 6 heteroatoms. The van der Waals surface area contributed by atoms with Gasteiger partial charge in [0.25, 0.3) is 0 Å². The molecule has 0 aliphatic carbocycles. The first-order chi connectivity index (χ1) is 9.39. The Morgan fingerprint density at radius 2 is 1.90 bits per heavy atom. The maximum atomic E-state index is 13.7. The predicted molar refractivity (Wildman–Crippen MR) is 68.4 cm³/mol. The van der Waals surface area contributed by atoms with Gasteiger partial charge in [-0.1, -0.05) is 12.1 Å². The van der Waals surface area contributed by atoms with E-state index in [0.717, 1.165) is 17.0 Å². The number of carbonyl (C=O) groups excluding carboxylic acids is 1. The standard InChI is InChI=1S/C14H10F4OS/c15-13-10(4-1-5-11(13)14(16,17)18)12(19)7-6-9-3-2-8-20-9/h1-5,8H,6-7H2. The minimum Gasteiger partial charge on any atom is -0.294 e. The molecule has 0 atom stereocenters. The van der Waals surface area contributed by atoms with Gasteiger partial charge >= 0.3 is 6.18 Å². The van der Waals surface area contributed by atoms with E-state index in [1.807, 2.05) is 17.5 Å². The van der Waals surface area contributed by atoms with Gasteiger partial charge in [0.1, 0.15) is 5.82 Å². The molecule has 1 heterocycles. The highest BCUT2D eigenvalue weighted by Gasteiger charge is 2.35. The van der Waals surface area contributed by atoms with Crippen LogP contribution < -0.4 is 0 Å². The number of hydrogen-bond donors (Lipinski definition) is 0. The van der Waals surface area contributed by atoms with E-state index in [2.05, 4.69) is 0 Å². The van der Waals surface area contributed by atoms with Gasteiger partial charge in [0, 0.05) is 11.3 Å². The molecule has 1 aromatic heterocycles. The Bertz CT molecular complexity index is 602. The van der Waals surface area contributed by atoms with Crippen LogP contribution in [0.15, 0.2) is 35.7 Å². The van der Waals surface area contributed by atoms with E-state index in [1.165, 1.54) is 11.3 Å². The summed E-state index contributed by atoms with van der Waals surface area (Å²) < 4.78 is 51.4. The molecule has 0 aliphatic rings. The largest absolute Gasteiger partial charge is 0.419 e. The van der Waals surface area contributed by atoms with Crippen LogP contribution in [0.1, 0.15) is 27.2 Å². The zero-order valence-corrected chi connectivity index (χ0v) is 11.0. The Morgan fingerprint density at radius 1 is 1.15 bits per heavy atom. The molecular formula is C14H10F4OS. The summed E-state index contributed by atoms with van der Waals surface area (Å²) in [7, 11) is 0. The lowest BCUT2D eigenvalue weighted by atomic mass is 10.0. The van der Waals surface area contributed by atoms with Crippen molar-refractivity contribution in [2.45, 2.75) is 19.0 Å². The molecule has 2 aromatic rings. The van der Waals surface area contributed by atoms with Crippen LogP contribution >= 0.6 is 11.3 Å². The van der Waals surface area contributed by atoms with Crippen LogP contribution in [0.4, 0.5) is 17.6 Å². The summed E-state index contributed by atoms with van der Waals surface area (Å²) >= 11 is 1.45. The highest BCUT2D eigenvalue weighted by atomic mass is 32.1. The monoisotopic (exact) mass is 302 g/mol. The van der Waals surface area contributed by atoms with Gasteiger partial charge in [-0.25, -0.2) is 4.39 Å². The third-order valence-corrected chi connectivity index (χ3v) is 3.72. The summed E-state index contributed by atoms with van der Waals surface area (Å²) in [4.78, 5) is 12.8. The molecule has 0 saturated carbocycles. The fourth-order valence-electron chi connectivity index (χ4n) is 1.79. The van der Waals surface area contributed by atoms with Crippen molar-refractivity contribution in [1.29, 1.82) is 0 Å². The minimum atomic E-state index is -4.80. The maximum absolute atomic E-state index is 13.7. The van der Waals surface area contributed by atoms with Crippen LogP contribution in [0.5, 0.6) is 0 Å². The molecule has 20 heavy (non-hydrogen) atoms. The van der Waals surface area contributed by atoms with Crippen LogP contribution in [0, 0.1) is 5.82 Å². The third kappa shape index (κ3) is 3.25. The summed E-state index contributed by atoms with van der Waals surface area (Å²) in [5, 5.41) is 1.84. The van der Waals surface area contributed by atoms with E-state index in [9.17, 15) is 22.4 Å². The van der Waals surface area contributed by atoms with Gasteiger partial charge in [-0.3, -0.25) is 4.79 Å². The normalized spacial score (nSPS) is 11.6. The number of thiophene rings is 1.